The lowest BCUT2D eigenvalue weighted by Crippen LogP contribution is -2.23. The lowest BCUT2D eigenvalue weighted by molar-refractivity contribution is 0.0968. The molecule has 0 saturated carbocycles. The third kappa shape index (κ3) is 3.49. The molecule has 0 N–H and O–H groups in total. The van der Waals surface area contributed by atoms with Crippen LogP contribution in [0, 0.1) is 0 Å². The van der Waals surface area contributed by atoms with E-state index in [0.717, 1.165) is 41.5 Å². The summed E-state index contributed by atoms with van der Waals surface area (Å²) < 4.78 is 8.14. The van der Waals surface area contributed by atoms with Gasteiger partial charge in [-0.05, 0) is 48.6 Å². The van der Waals surface area contributed by atoms with Crippen molar-refractivity contribution in [1.29, 1.82) is 0 Å². The van der Waals surface area contributed by atoms with Crippen LogP contribution >= 0.6 is 34.3 Å². The molecule has 1 fully saturated rings. The molecule has 1 aromatic carbocycles. The van der Waals surface area contributed by atoms with Crippen LogP contribution < -0.4 is 4.80 Å². The maximum Gasteiger partial charge on any atom is 0.190 e. The van der Waals surface area contributed by atoms with Crippen molar-refractivity contribution >= 4 is 40.0 Å². The molecule has 124 valence electrons. The number of thiophene rings is 1. The standard InChI is InChI=1S/C18H17ClN2OS2/c19-13-5-7-14(8-6-13)20-18-21(11-15-3-1-9-22-15)16(12-24-18)17-4-2-10-23-17/h2,4-8,10,12,15H,1,3,9,11H2. The predicted octanol–water partition coefficient (Wildman–Crippen LogP) is 5.34. The normalized spacial score (nSPS) is 18.4. The van der Waals surface area contributed by atoms with Crippen molar-refractivity contribution in [1.82, 2.24) is 4.57 Å². The first-order valence-electron chi connectivity index (χ1n) is 7.94. The second-order valence-electron chi connectivity index (χ2n) is 5.71. The van der Waals surface area contributed by atoms with E-state index in [1.807, 2.05) is 24.3 Å². The number of nitrogens with zero attached hydrogens (tertiary/aromatic N) is 2. The molecule has 0 radical (unpaired) electrons. The van der Waals surface area contributed by atoms with Crippen LogP contribution in [0.5, 0.6) is 0 Å². The SMILES string of the molecule is Clc1ccc(N=c2scc(-c3cccs3)n2CC2CCCO2)cc1. The fraction of sp³-hybridized carbons (Fsp3) is 0.278. The van der Waals surface area contributed by atoms with Gasteiger partial charge in [0.15, 0.2) is 4.80 Å². The maximum absolute atomic E-state index is 5.97. The first-order chi connectivity index (χ1) is 11.8. The van der Waals surface area contributed by atoms with E-state index >= 15 is 0 Å². The highest BCUT2D eigenvalue weighted by Gasteiger charge is 2.19. The summed E-state index contributed by atoms with van der Waals surface area (Å²) in [5, 5.41) is 5.03. The van der Waals surface area contributed by atoms with Gasteiger partial charge in [-0.3, -0.25) is 0 Å². The fourth-order valence-electron chi connectivity index (χ4n) is 2.84. The molecule has 1 unspecified atom stereocenters. The Morgan fingerprint density at radius 1 is 1.21 bits per heavy atom. The Morgan fingerprint density at radius 3 is 2.79 bits per heavy atom. The number of thiazole rings is 1. The van der Waals surface area contributed by atoms with E-state index in [2.05, 4.69) is 27.5 Å². The Morgan fingerprint density at radius 2 is 2.08 bits per heavy atom. The minimum absolute atomic E-state index is 0.280. The molecule has 2 aromatic heterocycles. The summed E-state index contributed by atoms with van der Waals surface area (Å²) >= 11 is 9.40. The number of hydrogen-bond donors (Lipinski definition) is 0. The van der Waals surface area contributed by atoms with Gasteiger partial charge >= 0.3 is 0 Å². The number of hydrogen-bond acceptors (Lipinski definition) is 4. The lowest BCUT2D eigenvalue weighted by atomic mass is 10.2. The van der Waals surface area contributed by atoms with Gasteiger partial charge in [-0.2, -0.15) is 0 Å². The van der Waals surface area contributed by atoms with Crippen molar-refractivity contribution < 1.29 is 4.74 Å². The first kappa shape index (κ1) is 16.1. The molecular formula is C18H17ClN2OS2. The lowest BCUT2D eigenvalue weighted by Gasteiger charge is -2.13. The van der Waals surface area contributed by atoms with Crippen LogP contribution in [0.4, 0.5) is 5.69 Å². The van der Waals surface area contributed by atoms with E-state index in [0.29, 0.717) is 0 Å². The van der Waals surface area contributed by atoms with Gasteiger partial charge in [0.2, 0.25) is 0 Å². The van der Waals surface area contributed by atoms with Gasteiger partial charge < -0.3 is 9.30 Å². The first-order valence-corrected chi connectivity index (χ1v) is 10.1. The number of ether oxygens (including phenoxy) is 1. The number of halogens is 1. The molecule has 0 spiro atoms. The van der Waals surface area contributed by atoms with Gasteiger partial charge in [-0.25, -0.2) is 4.99 Å². The van der Waals surface area contributed by atoms with Gasteiger partial charge in [0, 0.05) is 17.0 Å². The van der Waals surface area contributed by atoms with E-state index in [1.54, 1.807) is 22.7 Å². The molecule has 1 aliphatic rings. The van der Waals surface area contributed by atoms with Crippen molar-refractivity contribution in [2.24, 2.45) is 4.99 Å². The molecule has 3 heterocycles. The largest absolute Gasteiger partial charge is 0.376 e. The average molecular weight is 377 g/mol. The van der Waals surface area contributed by atoms with E-state index in [-0.39, 0.29) is 6.10 Å². The summed E-state index contributed by atoms with van der Waals surface area (Å²) in [4.78, 5) is 7.09. The van der Waals surface area contributed by atoms with Crippen molar-refractivity contribution in [2.45, 2.75) is 25.5 Å². The number of benzene rings is 1. The zero-order chi connectivity index (χ0) is 16.4. The predicted molar refractivity (Wildman–Crippen MR) is 101 cm³/mol. The smallest absolute Gasteiger partial charge is 0.190 e. The highest BCUT2D eigenvalue weighted by Crippen LogP contribution is 2.27. The Hall–Kier alpha value is -1.40. The molecule has 1 aliphatic heterocycles. The van der Waals surface area contributed by atoms with E-state index < -0.39 is 0 Å². The number of rotatable bonds is 4. The van der Waals surface area contributed by atoms with Gasteiger partial charge in [0.1, 0.15) is 0 Å². The van der Waals surface area contributed by atoms with Gasteiger partial charge in [0.05, 0.1) is 28.9 Å². The van der Waals surface area contributed by atoms with Crippen molar-refractivity contribution in [3.05, 3.63) is 57.0 Å². The molecule has 1 saturated heterocycles. The monoisotopic (exact) mass is 376 g/mol. The van der Waals surface area contributed by atoms with Crippen molar-refractivity contribution in [2.75, 3.05) is 6.61 Å². The molecule has 0 aliphatic carbocycles. The Kier molecular flexibility index (Phi) is 4.85. The van der Waals surface area contributed by atoms with Crippen LogP contribution in [-0.4, -0.2) is 17.3 Å². The maximum atomic E-state index is 5.97. The van der Waals surface area contributed by atoms with E-state index in [1.165, 1.54) is 10.6 Å². The molecule has 1 atom stereocenters. The third-order valence-electron chi connectivity index (χ3n) is 4.03. The Bertz CT molecular complexity index is 859. The second kappa shape index (κ2) is 7.23. The topological polar surface area (TPSA) is 26.5 Å². The minimum atomic E-state index is 0.280. The molecular weight excluding hydrogens is 360 g/mol. The zero-order valence-corrected chi connectivity index (χ0v) is 15.4. The summed E-state index contributed by atoms with van der Waals surface area (Å²) in [7, 11) is 0. The van der Waals surface area contributed by atoms with Crippen LogP contribution in [0.3, 0.4) is 0 Å². The van der Waals surface area contributed by atoms with Crippen LogP contribution in [0.1, 0.15) is 12.8 Å². The van der Waals surface area contributed by atoms with Crippen LogP contribution in [0.2, 0.25) is 5.02 Å². The average Bonchev–Trinajstić information content (AvgIpc) is 3.33. The molecule has 24 heavy (non-hydrogen) atoms. The fourth-order valence-corrected chi connectivity index (χ4v) is 4.72. The summed E-state index contributed by atoms with van der Waals surface area (Å²) in [5.74, 6) is 0. The molecule has 4 rings (SSSR count). The Balaban J connectivity index is 1.76. The van der Waals surface area contributed by atoms with Crippen molar-refractivity contribution in [3.63, 3.8) is 0 Å². The molecule has 3 nitrogen and oxygen atoms in total. The molecule has 0 bridgehead atoms. The van der Waals surface area contributed by atoms with Crippen LogP contribution in [0.15, 0.2) is 52.2 Å². The molecule has 0 amide bonds. The minimum Gasteiger partial charge on any atom is -0.376 e. The number of aromatic nitrogens is 1. The van der Waals surface area contributed by atoms with E-state index in [9.17, 15) is 0 Å². The zero-order valence-electron chi connectivity index (χ0n) is 13.0. The molecule has 6 heteroatoms. The van der Waals surface area contributed by atoms with Crippen LogP contribution in [0.25, 0.3) is 10.6 Å². The van der Waals surface area contributed by atoms with Gasteiger partial charge in [0.25, 0.3) is 0 Å². The molecule has 3 aromatic rings. The van der Waals surface area contributed by atoms with E-state index in [4.69, 9.17) is 21.3 Å². The second-order valence-corrected chi connectivity index (χ2v) is 7.94. The van der Waals surface area contributed by atoms with Gasteiger partial charge in [-0.15, -0.1) is 22.7 Å². The highest BCUT2D eigenvalue weighted by atomic mass is 35.5. The highest BCUT2D eigenvalue weighted by molar-refractivity contribution is 7.14. The third-order valence-corrected chi connectivity index (χ3v) is 6.04. The van der Waals surface area contributed by atoms with Gasteiger partial charge in [-0.1, -0.05) is 17.7 Å². The van der Waals surface area contributed by atoms with Crippen molar-refractivity contribution in [3.8, 4) is 10.6 Å². The van der Waals surface area contributed by atoms with Crippen LogP contribution in [-0.2, 0) is 11.3 Å². The summed E-state index contributed by atoms with van der Waals surface area (Å²) in [6.07, 6.45) is 2.54. The summed E-state index contributed by atoms with van der Waals surface area (Å²) in [6, 6.07) is 11.9. The Labute approximate surface area is 153 Å². The summed E-state index contributed by atoms with van der Waals surface area (Å²) in [6.45, 7) is 1.72. The summed E-state index contributed by atoms with van der Waals surface area (Å²) in [5.41, 5.74) is 2.14. The quantitative estimate of drug-likeness (QED) is 0.603.